The molecule has 0 saturated carbocycles. The molecule has 1 unspecified atom stereocenters. The molecule has 0 heterocycles. The first-order valence-electron chi connectivity index (χ1n) is 5.16. The second kappa shape index (κ2) is 3.86. The van der Waals surface area contributed by atoms with Crippen molar-refractivity contribution in [3.8, 4) is 5.75 Å². The van der Waals surface area contributed by atoms with Crippen LogP contribution >= 0.6 is 0 Å². The van der Waals surface area contributed by atoms with Crippen molar-refractivity contribution >= 4 is 0 Å². The molecule has 84 valence electrons. The van der Waals surface area contributed by atoms with Crippen molar-refractivity contribution in [1.29, 1.82) is 0 Å². The molecule has 15 heavy (non-hydrogen) atoms. The highest BCUT2D eigenvalue weighted by Crippen LogP contribution is 2.39. The van der Waals surface area contributed by atoms with Crippen LogP contribution in [0.25, 0.3) is 0 Å². The lowest BCUT2D eigenvalue weighted by Crippen LogP contribution is -2.36. The smallest absolute Gasteiger partial charge is 0.119 e. The third kappa shape index (κ3) is 2.32. The third-order valence-electron chi connectivity index (χ3n) is 3.09. The van der Waals surface area contributed by atoms with Gasteiger partial charge in [-0.2, -0.15) is 0 Å². The van der Waals surface area contributed by atoms with Crippen molar-refractivity contribution in [1.82, 2.24) is 0 Å². The number of benzene rings is 1. The molecule has 0 amide bonds. The zero-order valence-electron chi connectivity index (χ0n) is 10.2. The summed E-state index contributed by atoms with van der Waals surface area (Å²) in [6, 6.07) is 7.58. The van der Waals surface area contributed by atoms with E-state index in [9.17, 15) is 5.11 Å². The molecule has 1 N–H and O–H groups in total. The van der Waals surface area contributed by atoms with Crippen molar-refractivity contribution in [3.63, 3.8) is 0 Å². The van der Waals surface area contributed by atoms with E-state index in [2.05, 4.69) is 0 Å². The molecule has 2 nitrogen and oxygen atoms in total. The van der Waals surface area contributed by atoms with E-state index in [1.807, 2.05) is 52.0 Å². The Bertz CT molecular complexity index is 335. The number of aliphatic hydroxyl groups is 1. The molecule has 0 aliphatic carbocycles. The molecule has 0 bridgehead atoms. The van der Waals surface area contributed by atoms with Crippen LogP contribution in [0.3, 0.4) is 0 Å². The molecular weight excluding hydrogens is 188 g/mol. The highest BCUT2D eigenvalue weighted by molar-refractivity contribution is 5.32. The Labute approximate surface area is 91.9 Å². The van der Waals surface area contributed by atoms with Gasteiger partial charge in [-0.05, 0) is 30.0 Å². The Morgan fingerprint density at radius 2 is 1.73 bits per heavy atom. The summed E-state index contributed by atoms with van der Waals surface area (Å²) in [4.78, 5) is 0. The zero-order chi connectivity index (χ0) is 11.7. The quantitative estimate of drug-likeness (QED) is 0.809. The van der Waals surface area contributed by atoms with Crippen molar-refractivity contribution < 1.29 is 9.84 Å². The second-order valence-corrected chi connectivity index (χ2v) is 5.05. The Morgan fingerprint density at radius 1 is 1.13 bits per heavy atom. The van der Waals surface area contributed by atoms with E-state index < -0.39 is 5.60 Å². The first-order chi connectivity index (χ1) is 6.79. The van der Waals surface area contributed by atoms with E-state index in [1.165, 1.54) is 0 Å². The number of methoxy groups -OCH3 is 1. The molecule has 2 heteroatoms. The highest BCUT2D eigenvalue weighted by atomic mass is 16.5. The van der Waals surface area contributed by atoms with Gasteiger partial charge in [0.1, 0.15) is 5.75 Å². The van der Waals surface area contributed by atoms with Gasteiger partial charge < -0.3 is 9.84 Å². The molecule has 1 aromatic carbocycles. The monoisotopic (exact) mass is 208 g/mol. The normalized spacial score (nSPS) is 15.9. The fraction of sp³-hybridized carbons (Fsp3) is 0.538. The summed E-state index contributed by atoms with van der Waals surface area (Å²) in [5.74, 6) is 0.775. The van der Waals surface area contributed by atoms with E-state index in [-0.39, 0.29) is 5.41 Å². The summed E-state index contributed by atoms with van der Waals surface area (Å²) in [5.41, 5.74) is -0.185. The number of ether oxygens (including phenoxy) is 1. The van der Waals surface area contributed by atoms with E-state index in [1.54, 1.807) is 7.11 Å². The molecule has 1 rings (SSSR count). The Balaban J connectivity index is 3.15. The Kier molecular flexibility index (Phi) is 3.10. The maximum absolute atomic E-state index is 10.5. The molecule has 0 saturated heterocycles. The van der Waals surface area contributed by atoms with Crippen LogP contribution in [0.5, 0.6) is 5.75 Å². The van der Waals surface area contributed by atoms with Crippen LogP contribution in [0.2, 0.25) is 0 Å². The molecule has 0 aromatic heterocycles. The second-order valence-electron chi connectivity index (χ2n) is 5.05. The standard InChI is InChI=1S/C13H20O2/c1-12(2,3)13(4,14)10-7-6-8-11(9-10)15-5/h6-9,14H,1-5H3. The number of hydrogen-bond acceptors (Lipinski definition) is 2. The lowest BCUT2D eigenvalue weighted by Gasteiger charge is -2.37. The molecule has 0 aliphatic rings. The third-order valence-corrected chi connectivity index (χ3v) is 3.09. The number of hydrogen-bond donors (Lipinski definition) is 1. The first kappa shape index (κ1) is 12.1. The Morgan fingerprint density at radius 3 is 2.20 bits per heavy atom. The lowest BCUT2D eigenvalue weighted by atomic mass is 9.73. The van der Waals surface area contributed by atoms with Gasteiger partial charge in [0, 0.05) is 0 Å². The fourth-order valence-electron chi connectivity index (χ4n) is 1.36. The summed E-state index contributed by atoms with van der Waals surface area (Å²) in [6.45, 7) is 7.90. The largest absolute Gasteiger partial charge is 0.497 e. The van der Waals surface area contributed by atoms with Crippen LogP contribution in [0, 0.1) is 5.41 Å². The first-order valence-corrected chi connectivity index (χ1v) is 5.16. The van der Waals surface area contributed by atoms with Crippen LogP contribution in [-0.4, -0.2) is 12.2 Å². The van der Waals surface area contributed by atoms with Gasteiger partial charge in [0.15, 0.2) is 0 Å². The fourth-order valence-corrected chi connectivity index (χ4v) is 1.36. The van der Waals surface area contributed by atoms with Crippen LogP contribution in [0.1, 0.15) is 33.3 Å². The van der Waals surface area contributed by atoms with Gasteiger partial charge in [-0.1, -0.05) is 32.9 Å². The molecular formula is C13H20O2. The van der Waals surface area contributed by atoms with Crippen LogP contribution in [-0.2, 0) is 5.60 Å². The summed E-state index contributed by atoms with van der Waals surface area (Å²) in [5, 5.41) is 10.5. The maximum Gasteiger partial charge on any atom is 0.119 e. The molecule has 0 fully saturated rings. The number of rotatable bonds is 2. The van der Waals surface area contributed by atoms with Gasteiger partial charge in [-0.15, -0.1) is 0 Å². The zero-order valence-corrected chi connectivity index (χ0v) is 10.2. The van der Waals surface area contributed by atoms with E-state index in [0.717, 1.165) is 11.3 Å². The minimum absolute atomic E-state index is 0.209. The van der Waals surface area contributed by atoms with E-state index in [4.69, 9.17) is 4.74 Å². The van der Waals surface area contributed by atoms with Gasteiger partial charge in [0.05, 0.1) is 12.7 Å². The molecule has 0 radical (unpaired) electrons. The summed E-state index contributed by atoms with van der Waals surface area (Å²) >= 11 is 0. The molecule has 1 atom stereocenters. The van der Waals surface area contributed by atoms with Gasteiger partial charge in [-0.25, -0.2) is 0 Å². The van der Waals surface area contributed by atoms with Crippen LogP contribution in [0.15, 0.2) is 24.3 Å². The lowest BCUT2D eigenvalue weighted by molar-refractivity contribution is -0.0471. The van der Waals surface area contributed by atoms with Crippen molar-refractivity contribution in [3.05, 3.63) is 29.8 Å². The van der Waals surface area contributed by atoms with Gasteiger partial charge in [-0.3, -0.25) is 0 Å². The highest BCUT2D eigenvalue weighted by Gasteiger charge is 2.36. The SMILES string of the molecule is COc1cccc(C(C)(O)C(C)(C)C)c1. The predicted octanol–water partition coefficient (Wildman–Crippen LogP) is 2.95. The Hall–Kier alpha value is -1.02. The minimum atomic E-state index is -0.860. The van der Waals surface area contributed by atoms with Gasteiger partial charge in [0.25, 0.3) is 0 Å². The van der Waals surface area contributed by atoms with E-state index in [0.29, 0.717) is 0 Å². The average molecular weight is 208 g/mol. The van der Waals surface area contributed by atoms with Crippen LogP contribution < -0.4 is 4.74 Å². The summed E-state index contributed by atoms with van der Waals surface area (Å²) < 4.78 is 5.15. The average Bonchev–Trinajstić information content (AvgIpc) is 2.16. The molecule has 0 spiro atoms. The van der Waals surface area contributed by atoms with Crippen molar-refractivity contribution in [2.45, 2.75) is 33.3 Å². The van der Waals surface area contributed by atoms with Crippen molar-refractivity contribution in [2.75, 3.05) is 7.11 Å². The van der Waals surface area contributed by atoms with E-state index >= 15 is 0 Å². The predicted molar refractivity (Wildman–Crippen MR) is 62.0 cm³/mol. The van der Waals surface area contributed by atoms with Gasteiger partial charge in [0.2, 0.25) is 0 Å². The maximum atomic E-state index is 10.5. The van der Waals surface area contributed by atoms with Gasteiger partial charge >= 0.3 is 0 Å². The van der Waals surface area contributed by atoms with Crippen LogP contribution in [0.4, 0.5) is 0 Å². The van der Waals surface area contributed by atoms with Crippen molar-refractivity contribution in [2.24, 2.45) is 5.41 Å². The summed E-state index contributed by atoms with van der Waals surface area (Å²) in [7, 11) is 1.63. The summed E-state index contributed by atoms with van der Waals surface area (Å²) in [6.07, 6.45) is 0. The molecule has 1 aromatic rings. The molecule has 0 aliphatic heterocycles. The topological polar surface area (TPSA) is 29.5 Å². The minimum Gasteiger partial charge on any atom is -0.497 e.